The van der Waals surface area contributed by atoms with Crippen molar-refractivity contribution in [1.29, 1.82) is 0 Å². The molecule has 0 spiro atoms. The topological polar surface area (TPSA) is 243 Å². The van der Waals surface area contributed by atoms with Crippen LogP contribution in [0.1, 0.15) is 57.8 Å². The van der Waals surface area contributed by atoms with Crippen LogP contribution in [0.25, 0.3) is 0 Å². The van der Waals surface area contributed by atoms with Crippen molar-refractivity contribution in [3.63, 3.8) is 0 Å². The first-order valence-corrected chi connectivity index (χ1v) is 26.7. The number of benzene rings is 3. The molecule has 6 unspecified atom stereocenters. The van der Waals surface area contributed by atoms with Crippen LogP contribution < -0.4 is 33.2 Å². The first kappa shape index (κ1) is 53.4. The zero-order chi connectivity index (χ0) is 49.6. The van der Waals surface area contributed by atoms with Gasteiger partial charge in [0.1, 0.15) is 17.3 Å². The summed E-state index contributed by atoms with van der Waals surface area (Å²) in [6.07, 6.45) is 15.7. The summed E-state index contributed by atoms with van der Waals surface area (Å²) in [5.74, 6) is 2.29. The molecule has 0 bridgehead atoms. The Labute approximate surface area is 442 Å². The number of nitrogens with two attached hydrogens (primary N) is 3. The monoisotopic (exact) mass is 1120 g/mol. The van der Waals surface area contributed by atoms with Crippen LogP contribution in [0.3, 0.4) is 0 Å². The fraction of sp³-hybridized carbons (Fsp3) is 0.312. The first-order valence-electron chi connectivity index (χ1n) is 22.3. The van der Waals surface area contributed by atoms with Crippen LogP contribution in [0.2, 0.25) is 15.1 Å². The Balaban J connectivity index is 0.000000155. The lowest BCUT2D eigenvalue weighted by Crippen LogP contribution is -2.45. The Kier molecular flexibility index (Phi) is 20.1. The summed E-state index contributed by atoms with van der Waals surface area (Å²) in [5.41, 5.74) is 18.0. The Morgan fingerprint density at radius 1 is 0.471 bits per heavy atom. The van der Waals surface area contributed by atoms with Crippen LogP contribution in [-0.2, 0) is 14.4 Å². The largest absolute Gasteiger partial charge is 0.350 e. The number of aromatic nitrogens is 6. The van der Waals surface area contributed by atoms with Crippen molar-refractivity contribution >= 4 is 121 Å². The zero-order valence-electron chi connectivity index (χ0n) is 37.5. The van der Waals surface area contributed by atoms with Crippen LogP contribution >= 0.6 is 86.0 Å². The second-order valence-electron chi connectivity index (χ2n) is 16.6. The van der Waals surface area contributed by atoms with Gasteiger partial charge in [0.15, 0.2) is 0 Å². The Morgan fingerprint density at radius 3 is 1.17 bits per heavy atom. The van der Waals surface area contributed by atoms with E-state index in [1.54, 1.807) is 72.8 Å². The number of carbonyl (C=O) groups is 3. The fourth-order valence-electron chi connectivity index (χ4n) is 7.44. The van der Waals surface area contributed by atoms with E-state index in [-0.39, 0.29) is 53.6 Å². The number of Topliss-reactive ketones (excluding diaryl/α,β-unsaturated/α-hetero) is 3. The third kappa shape index (κ3) is 16.9. The van der Waals surface area contributed by atoms with Crippen LogP contribution in [0.4, 0.5) is 17.8 Å². The molecular weight excluding hydrogens is 1080 g/mol. The van der Waals surface area contributed by atoms with Gasteiger partial charge in [0.05, 0.1) is 5.02 Å². The maximum atomic E-state index is 11.4. The van der Waals surface area contributed by atoms with E-state index in [4.69, 9.17) is 52.0 Å². The summed E-state index contributed by atoms with van der Waals surface area (Å²) in [4.78, 5) is 66.0. The third-order valence-corrected chi connectivity index (χ3v) is 15.6. The van der Waals surface area contributed by atoms with Crippen molar-refractivity contribution in [3.8, 4) is 0 Å². The van der Waals surface area contributed by atoms with E-state index >= 15 is 0 Å². The Morgan fingerprint density at radius 2 is 0.814 bits per heavy atom. The SMILES string of the molecule is NC1CC(=O)CCC1Nc1ncc(Sc2ccc(Br)cc2)cn1.NC1CC(=O)CCC1Nc1ncc(Sc2ccc(Cl)cc2)cn1.NC1CC(=O)CCC1Nc1ncc(Sc2ccc(Cl)cc2Cl)cn1. The van der Waals surface area contributed by atoms with E-state index in [0.29, 0.717) is 77.9 Å². The van der Waals surface area contributed by atoms with Gasteiger partial charge in [-0.25, -0.2) is 29.9 Å². The molecule has 3 aromatic heterocycles. The minimum Gasteiger partial charge on any atom is -0.350 e. The Hall–Kier alpha value is -4.41. The highest BCUT2D eigenvalue weighted by molar-refractivity contribution is 9.10. The summed E-state index contributed by atoms with van der Waals surface area (Å²) in [6, 6.07) is 20.6. The van der Waals surface area contributed by atoms with Crippen molar-refractivity contribution in [3.05, 3.63) is 123 Å². The molecule has 0 amide bonds. The van der Waals surface area contributed by atoms with Crippen molar-refractivity contribution in [1.82, 2.24) is 29.9 Å². The number of halogens is 4. The lowest BCUT2D eigenvalue weighted by atomic mass is 9.90. The predicted molar refractivity (Wildman–Crippen MR) is 283 cm³/mol. The zero-order valence-corrected chi connectivity index (χ0v) is 43.8. The van der Waals surface area contributed by atoms with Crippen molar-refractivity contribution in [2.75, 3.05) is 16.0 Å². The lowest BCUT2D eigenvalue weighted by molar-refractivity contribution is -0.121. The summed E-state index contributed by atoms with van der Waals surface area (Å²) >= 11 is 26.0. The first-order chi connectivity index (χ1) is 33.7. The fourth-order valence-corrected chi connectivity index (χ4v) is 10.6. The van der Waals surface area contributed by atoms with Gasteiger partial charge in [0.25, 0.3) is 0 Å². The van der Waals surface area contributed by atoms with E-state index in [2.05, 4.69) is 61.8 Å². The number of hydrogen-bond acceptors (Lipinski definition) is 18. The number of hydrogen-bond donors (Lipinski definition) is 6. The van der Waals surface area contributed by atoms with Crippen LogP contribution in [-0.4, -0.2) is 83.5 Å². The molecule has 9 rings (SSSR count). The summed E-state index contributed by atoms with van der Waals surface area (Å²) in [5, 5.41) is 11.6. The van der Waals surface area contributed by atoms with Gasteiger partial charge in [-0.2, -0.15) is 0 Å². The van der Waals surface area contributed by atoms with Crippen LogP contribution in [0.15, 0.2) is 138 Å². The van der Waals surface area contributed by atoms with Gasteiger partial charge in [-0.1, -0.05) is 86.0 Å². The molecule has 9 N–H and O–H groups in total. The normalized spacial score (nSPS) is 21.1. The van der Waals surface area contributed by atoms with Crippen molar-refractivity contribution in [2.45, 2.75) is 123 Å². The molecule has 3 aromatic carbocycles. The van der Waals surface area contributed by atoms with E-state index < -0.39 is 0 Å². The smallest absolute Gasteiger partial charge is 0.222 e. The Bertz CT molecular complexity index is 2560. The van der Waals surface area contributed by atoms with Gasteiger partial charge < -0.3 is 33.2 Å². The summed E-state index contributed by atoms with van der Waals surface area (Å²) < 4.78 is 1.06. The highest BCUT2D eigenvalue weighted by atomic mass is 79.9. The van der Waals surface area contributed by atoms with Gasteiger partial charge in [0.2, 0.25) is 17.8 Å². The van der Waals surface area contributed by atoms with Crippen molar-refractivity contribution < 1.29 is 14.4 Å². The molecular formula is C48H50BrCl3N12O3S3. The van der Waals surface area contributed by atoms with Crippen molar-refractivity contribution in [2.24, 2.45) is 17.2 Å². The molecule has 3 heterocycles. The molecule has 6 aromatic rings. The molecule has 15 nitrogen and oxygen atoms in total. The highest BCUT2D eigenvalue weighted by Crippen LogP contribution is 2.35. The maximum absolute atomic E-state index is 11.4. The molecule has 22 heteroatoms. The van der Waals surface area contributed by atoms with Gasteiger partial charge in [0, 0.05) is 156 Å². The number of anilines is 3. The number of nitrogens with zero attached hydrogens (tertiary/aromatic N) is 6. The van der Waals surface area contributed by atoms with E-state index in [0.717, 1.165) is 46.7 Å². The summed E-state index contributed by atoms with van der Waals surface area (Å²) in [6.45, 7) is 0. The average Bonchev–Trinajstić information content (AvgIpc) is 3.34. The molecule has 3 aliphatic carbocycles. The number of ketones is 3. The molecule has 3 aliphatic rings. The summed E-state index contributed by atoms with van der Waals surface area (Å²) in [7, 11) is 0. The lowest BCUT2D eigenvalue weighted by Gasteiger charge is -2.28. The van der Waals surface area contributed by atoms with E-state index in [9.17, 15) is 14.4 Å². The van der Waals surface area contributed by atoms with Gasteiger partial charge in [-0.15, -0.1) is 0 Å². The minimum absolute atomic E-state index is 0.0203. The molecule has 3 saturated carbocycles. The molecule has 0 aliphatic heterocycles. The second kappa shape index (κ2) is 26.3. The van der Waals surface area contributed by atoms with Gasteiger partial charge in [-0.3, -0.25) is 14.4 Å². The van der Waals surface area contributed by atoms with E-state index in [1.807, 2.05) is 54.6 Å². The number of rotatable bonds is 12. The molecule has 0 radical (unpaired) electrons. The van der Waals surface area contributed by atoms with Gasteiger partial charge in [-0.05, 0) is 86.0 Å². The number of nitrogens with one attached hydrogen (secondary N) is 3. The minimum atomic E-state index is -0.197. The van der Waals surface area contributed by atoms with Crippen LogP contribution in [0, 0.1) is 0 Å². The highest BCUT2D eigenvalue weighted by Gasteiger charge is 2.29. The maximum Gasteiger partial charge on any atom is 0.222 e. The quantitative estimate of drug-likeness (QED) is 0.0667. The molecule has 70 heavy (non-hydrogen) atoms. The number of carbonyl (C=O) groups excluding carboxylic acids is 3. The van der Waals surface area contributed by atoms with Crippen LogP contribution in [0.5, 0.6) is 0 Å². The molecule has 0 saturated heterocycles. The molecule has 6 atom stereocenters. The van der Waals surface area contributed by atoms with Gasteiger partial charge >= 0.3 is 0 Å². The second-order valence-corrected chi connectivity index (χ2v) is 22.2. The third-order valence-electron chi connectivity index (χ3n) is 11.2. The molecule has 3 fully saturated rings. The van der Waals surface area contributed by atoms with E-state index in [1.165, 1.54) is 11.8 Å². The standard InChI is InChI=1S/C16H17BrN4OS.C16H16Cl2N4OS.C16H17ClN4OS/c17-10-1-4-12(5-2-10)23-13-8-19-16(20-9-13)21-15-6-3-11(22)7-14(15)18;17-9-1-4-15(12(18)5-9)24-11-7-20-16(21-8-11)22-14-3-2-10(23)6-13(14)19;17-10-1-4-12(5-2-10)23-13-8-19-16(20-9-13)21-15-6-3-11(22)7-14(15)18/h1-2,4-5,8-9,14-15H,3,6-7,18H2,(H,19,20,21);1,4-5,7-8,13-14H,2-3,6,19H2,(H,20,21,22);1-2,4-5,8-9,14-15H,3,6-7,18H2,(H,19,20,21). The predicted octanol–water partition coefficient (Wildman–Crippen LogP) is 10.2. The molecule has 366 valence electrons. The average molecular weight is 1130 g/mol.